The topological polar surface area (TPSA) is 32.3 Å². The van der Waals surface area contributed by atoms with E-state index in [1.807, 2.05) is 0 Å². The molecule has 2 atom stereocenters. The third kappa shape index (κ3) is 5.55. The van der Waals surface area contributed by atoms with Gasteiger partial charge in [-0.2, -0.15) is 0 Å². The minimum Gasteiger partial charge on any atom is -0.387 e. The maximum absolute atomic E-state index is 13.1. The van der Waals surface area contributed by atoms with Crippen molar-refractivity contribution in [1.82, 2.24) is 5.32 Å². The van der Waals surface area contributed by atoms with Gasteiger partial charge in [-0.15, -0.1) is 0 Å². The first-order valence-electron chi connectivity index (χ1n) is 7.44. The molecular weight excluding hydrogens is 260 g/mol. The van der Waals surface area contributed by atoms with Crippen LogP contribution in [0.4, 0.5) is 8.78 Å². The van der Waals surface area contributed by atoms with Crippen molar-refractivity contribution in [1.29, 1.82) is 0 Å². The molecule has 0 aliphatic heterocycles. The van der Waals surface area contributed by atoms with E-state index in [9.17, 15) is 13.9 Å². The second-order valence-electron chi connectivity index (χ2n) is 5.23. The lowest BCUT2D eigenvalue weighted by Gasteiger charge is -2.20. The molecule has 0 saturated heterocycles. The number of halogens is 2. The molecule has 0 saturated carbocycles. The van der Waals surface area contributed by atoms with Gasteiger partial charge in [0.2, 0.25) is 0 Å². The lowest BCUT2D eigenvalue weighted by molar-refractivity contribution is 0.167. The highest BCUT2D eigenvalue weighted by Crippen LogP contribution is 2.16. The van der Waals surface area contributed by atoms with Crippen LogP contribution < -0.4 is 5.32 Å². The average Bonchev–Trinajstić information content (AvgIpc) is 2.44. The first-order valence-corrected chi connectivity index (χ1v) is 7.44. The van der Waals surface area contributed by atoms with Crippen molar-refractivity contribution >= 4 is 0 Å². The van der Waals surface area contributed by atoms with Crippen LogP contribution in [0.2, 0.25) is 0 Å². The molecule has 1 aromatic carbocycles. The van der Waals surface area contributed by atoms with E-state index in [4.69, 9.17) is 0 Å². The van der Waals surface area contributed by atoms with Crippen molar-refractivity contribution in [3.8, 4) is 0 Å². The summed E-state index contributed by atoms with van der Waals surface area (Å²) >= 11 is 0. The molecule has 0 heterocycles. The lowest BCUT2D eigenvalue weighted by atomic mass is 10.0. The molecule has 0 spiro atoms. The second-order valence-corrected chi connectivity index (χ2v) is 5.23. The van der Waals surface area contributed by atoms with Crippen LogP contribution in [0.15, 0.2) is 18.2 Å². The largest absolute Gasteiger partial charge is 0.387 e. The van der Waals surface area contributed by atoms with Crippen LogP contribution in [-0.2, 0) is 0 Å². The number of nitrogens with one attached hydrogen (secondary N) is 1. The molecule has 114 valence electrons. The molecule has 0 bridgehead atoms. The zero-order valence-electron chi connectivity index (χ0n) is 12.3. The monoisotopic (exact) mass is 285 g/mol. The molecule has 0 aliphatic carbocycles. The van der Waals surface area contributed by atoms with Crippen LogP contribution >= 0.6 is 0 Å². The van der Waals surface area contributed by atoms with Gasteiger partial charge >= 0.3 is 0 Å². The van der Waals surface area contributed by atoms with Gasteiger partial charge in [0.1, 0.15) is 0 Å². The molecule has 0 aromatic heterocycles. The number of aliphatic hydroxyl groups excluding tert-OH is 1. The Kier molecular flexibility index (Phi) is 7.70. The summed E-state index contributed by atoms with van der Waals surface area (Å²) in [6.07, 6.45) is 4.71. The Morgan fingerprint density at radius 1 is 1.10 bits per heavy atom. The van der Waals surface area contributed by atoms with Crippen molar-refractivity contribution in [2.24, 2.45) is 0 Å². The maximum Gasteiger partial charge on any atom is 0.159 e. The number of rotatable bonds is 9. The summed E-state index contributed by atoms with van der Waals surface area (Å²) < 4.78 is 26.0. The summed E-state index contributed by atoms with van der Waals surface area (Å²) in [7, 11) is 0. The van der Waals surface area contributed by atoms with Crippen LogP contribution in [0.5, 0.6) is 0 Å². The van der Waals surface area contributed by atoms with E-state index >= 15 is 0 Å². The molecule has 2 unspecified atom stereocenters. The van der Waals surface area contributed by atoms with Crippen LogP contribution in [0.1, 0.15) is 57.6 Å². The summed E-state index contributed by atoms with van der Waals surface area (Å²) in [5.74, 6) is -1.81. The summed E-state index contributed by atoms with van der Waals surface area (Å²) in [6, 6.07) is 3.91. The fourth-order valence-corrected chi connectivity index (χ4v) is 2.26. The Hall–Kier alpha value is -1.00. The first-order chi connectivity index (χ1) is 9.58. The third-order valence-electron chi connectivity index (χ3n) is 3.47. The van der Waals surface area contributed by atoms with Gasteiger partial charge in [0, 0.05) is 12.6 Å². The number of hydrogen-bond acceptors (Lipinski definition) is 2. The van der Waals surface area contributed by atoms with Gasteiger partial charge in [-0.25, -0.2) is 8.78 Å². The van der Waals surface area contributed by atoms with E-state index < -0.39 is 17.7 Å². The van der Waals surface area contributed by atoms with E-state index in [1.54, 1.807) is 0 Å². The standard InChI is InChI=1S/C16H25F2NO/c1-3-5-7-13(6-4-2)19-11-16(20)12-8-9-14(17)15(18)10-12/h8-10,13,16,19-20H,3-7,11H2,1-2H3. The van der Waals surface area contributed by atoms with E-state index in [0.717, 1.165) is 44.2 Å². The van der Waals surface area contributed by atoms with Crippen molar-refractivity contribution < 1.29 is 13.9 Å². The summed E-state index contributed by atoms with van der Waals surface area (Å²) in [4.78, 5) is 0. The molecule has 2 nitrogen and oxygen atoms in total. The Morgan fingerprint density at radius 3 is 2.45 bits per heavy atom. The van der Waals surface area contributed by atoms with E-state index in [2.05, 4.69) is 19.2 Å². The van der Waals surface area contributed by atoms with Gasteiger partial charge in [-0.1, -0.05) is 39.2 Å². The van der Waals surface area contributed by atoms with E-state index in [-0.39, 0.29) is 0 Å². The zero-order valence-corrected chi connectivity index (χ0v) is 12.3. The minimum atomic E-state index is -0.919. The Bertz CT molecular complexity index is 398. The Balaban J connectivity index is 2.50. The van der Waals surface area contributed by atoms with Gasteiger partial charge in [-0.05, 0) is 30.5 Å². The SMILES string of the molecule is CCCCC(CCC)NCC(O)c1ccc(F)c(F)c1. The quantitative estimate of drug-likeness (QED) is 0.720. The molecular formula is C16H25F2NO. The molecule has 1 aromatic rings. The molecule has 0 aliphatic rings. The fraction of sp³-hybridized carbons (Fsp3) is 0.625. The zero-order chi connectivity index (χ0) is 15.0. The van der Waals surface area contributed by atoms with Crippen molar-refractivity contribution in [3.63, 3.8) is 0 Å². The van der Waals surface area contributed by atoms with Crippen LogP contribution in [0, 0.1) is 11.6 Å². The van der Waals surface area contributed by atoms with Crippen molar-refractivity contribution in [3.05, 3.63) is 35.4 Å². The average molecular weight is 285 g/mol. The highest BCUT2D eigenvalue weighted by Gasteiger charge is 2.13. The Morgan fingerprint density at radius 2 is 1.85 bits per heavy atom. The molecule has 0 fully saturated rings. The lowest BCUT2D eigenvalue weighted by Crippen LogP contribution is -2.32. The number of hydrogen-bond donors (Lipinski definition) is 2. The van der Waals surface area contributed by atoms with Gasteiger partial charge in [0.05, 0.1) is 6.10 Å². The minimum absolute atomic E-state index is 0.361. The molecule has 2 N–H and O–H groups in total. The molecule has 20 heavy (non-hydrogen) atoms. The second kappa shape index (κ2) is 9.03. The van der Waals surface area contributed by atoms with Crippen LogP contribution in [0.25, 0.3) is 0 Å². The van der Waals surface area contributed by atoms with E-state index in [1.165, 1.54) is 6.07 Å². The predicted octanol–water partition coefficient (Wildman–Crippen LogP) is 3.95. The highest BCUT2D eigenvalue weighted by atomic mass is 19.2. The van der Waals surface area contributed by atoms with Crippen LogP contribution in [-0.4, -0.2) is 17.7 Å². The van der Waals surface area contributed by atoms with Crippen molar-refractivity contribution in [2.75, 3.05) is 6.54 Å². The first kappa shape index (κ1) is 17.1. The number of benzene rings is 1. The van der Waals surface area contributed by atoms with Gasteiger partial charge in [0.25, 0.3) is 0 Å². The fourth-order valence-electron chi connectivity index (χ4n) is 2.26. The van der Waals surface area contributed by atoms with Gasteiger partial charge in [0.15, 0.2) is 11.6 Å². The molecule has 0 radical (unpaired) electrons. The van der Waals surface area contributed by atoms with Crippen molar-refractivity contribution in [2.45, 2.75) is 58.1 Å². The highest BCUT2D eigenvalue weighted by molar-refractivity contribution is 5.20. The molecule has 1 rings (SSSR count). The third-order valence-corrected chi connectivity index (χ3v) is 3.47. The molecule has 0 amide bonds. The Labute approximate surface area is 120 Å². The summed E-state index contributed by atoms with van der Waals surface area (Å²) in [5, 5.41) is 13.3. The number of aliphatic hydroxyl groups is 1. The predicted molar refractivity (Wildman–Crippen MR) is 77.5 cm³/mol. The number of unbranched alkanes of at least 4 members (excludes halogenated alkanes) is 1. The van der Waals surface area contributed by atoms with Gasteiger partial charge < -0.3 is 10.4 Å². The van der Waals surface area contributed by atoms with E-state index in [0.29, 0.717) is 18.2 Å². The van der Waals surface area contributed by atoms with Crippen LogP contribution in [0.3, 0.4) is 0 Å². The summed E-state index contributed by atoms with van der Waals surface area (Å²) in [5.41, 5.74) is 0.405. The maximum atomic E-state index is 13.1. The molecule has 4 heteroatoms. The van der Waals surface area contributed by atoms with Gasteiger partial charge in [-0.3, -0.25) is 0 Å². The smallest absolute Gasteiger partial charge is 0.159 e. The summed E-state index contributed by atoms with van der Waals surface area (Å²) in [6.45, 7) is 4.64. The normalized spacial score (nSPS) is 14.2.